The zero-order valence-electron chi connectivity index (χ0n) is 32.2. The summed E-state index contributed by atoms with van der Waals surface area (Å²) in [7, 11) is -0.102. The van der Waals surface area contributed by atoms with Gasteiger partial charge in [0.05, 0.1) is 6.10 Å². The van der Waals surface area contributed by atoms with Crippen molar-refractivity contribution < 1.29 is 23.1 Å². The number of allylic oxidation sites excluding steroid dienone is 2. The Morgan fingerprint density at radius 1 is 1.09 bits per heavy atom. The molecule has 0 aromatic carbocycles. The fraction of sp³-hybridized carbons (Fsp3) is 0.757. The van der Waals surface area contributed by atoms with Gasteiger partial charge in [0.15, 0.2) is 0 Å². The molecule has 5 atom stereocenters. The van der Waals surface area contributed by atoms with Gasteiger partial charge in [-0.3, -0.25) is 0 Å². The topological polar surface area (TPSA) is 63.0 Å². The Hall–Kier alpha value is -0.678. The zero-order chi connectivity index (χ0) is 35.1. The predicted octanol–water partition coefficient (Wildman–Crippen LogP) is 9.06. The van der Waals surface area contributed by atoms with Crippen LogP contribution in [0.4, 0.5) is 0 Å². The van der Waals surface area contributed by atoms with Crippen LogP contribution < -0.4 is 3.71 Å². The molecular formula is C37H67NO5Si2Sn. The van der Waals surface area contributed by atoms with E-state index in [-0.39, 0.29) is 24.4 Å². The number of oxazole rings is 1. The van der Waals surface area contributed by atoms with Crippen LogP contribution in [-0.2, 0) is 25.1 Å². The van der Waals surface area contributed by atoms with Crippen LogP contribution in [0, 0.1) is 11.5 Å². The first-order valence-electron chi connectivity index (χ1n) is 17.4. The van der Waals surface area contributed by atoms with Gasteiger partial charge in [0.2, 0.25) is 0 Å². The second-order valence-corrected chi connectivity index (χ2v) is 41.1. The van der Waals surface area contributed by atoms with Crippen LogP contribution in [0.2, 0.25) is 51.1 Å². The normalized spacial score (nSPS) is 23.3. The van der Waals surface area contributed by atoms with Crippen LogP contribution in [0.5, 0.6) is 0 Å². The Kier molecular flexibility index (Phi) is 15.6. The zero-order valence-corrected chi connectivity index (χ0v) is 37.0. The number of hydrogen-bond acceptors (Lipinski definition) is 6. The molecule has 1 aromatic rings. The molecule has 9 heteroatoms. The van der Waals surface area contributed by atoms with Crippen molar-refractivity contribution in [3.8, 4) is 11.5 Å². The summed E-state index contributed by atoms with van der Waals surface area (Å²) in [4.78, 5) is 12.0. The van der Waals surface area contributed by atoms with Gasteiger partial charge in [-0.05, 0) is 0 Å². The summed E-state index contributed by atoms with van der Waals surface area (Å²) < 4.78 is 33.7. The van der Waals surface area contributed by atoms with E-state index >= 15 is 0 Å². The van der Waals surface area contributed by atoms with Crippen LogP contribution in [-0.4, -0.2) is 84.0 Å². The van der Waals surface area contributed by atoms with Crippen molar-refractivity contribution in [2.75, 3.05) is 14.2 Å². The van der Waals surface area contributed by atoms with Gasteiger partial charge in [-0.2, -0.15) is 0 Å². The van der Waals surface area contributed by atoms with Crippen LogP contribution >= 0.6 is 0 Å². The minimum absolute atomic E-state index is 0.0475. The van der Waals surface area contributed by atoms with Gasteiger partial charge in [-0.25, -0.2) is 0 Å². The standard InChI is InChI=1S/C34H58NO5Si2.3CH3.Sn/c1-25(2)42(26(3)4,27(5)6)40-32(21-28(7)16-17-29(36-9)15-14-20-41(11,12)13)31-22-30(37-10)23-34(8,39-31)24-33-35-18-19-38-33;;;;/h16-17,19,21,25-27,29-32H,15,22-24H2,1-13H3;3*1H3;/b17-16+,28-21+;;;;/t29-,30-,31-,32-,34+;;;;/m1..../s1. The van der Waals surface area contributed by atoms with Gasteiger partial charge in [0.25, 0.3) is 0 Å². The van der Waals surface area contributed by atoms with Crippen LogP contribution in [0.1, 0.15) is 80.5 Å². The van der Waals surface area contributed by atoms with E-state index in [1.807, 2.05) is 13.4 Å². The second kappa shape index (κ2) is 17.3. The fourth-order valence-electron chi connectivity index (χ4n) is 6.92. The first-order valence-corrected chi connectivity index (χ1v) is 33.0. The van der Waals surface area contributed by atoms with Crippen LogP contribution in [0.25, 0.3) is 0 Å². The van der Waals surface area contributed by atoms with Crippen molar-refractivity contribution in [1.82, 2.24) is 4.98 Å². The molecule has 46 heavy (non-hydrogen) atoms. The van der Waals surface area contributed by atoms with Gasteiger partial charge >= 0.3 is 227 Å². The van der Waals surface area contributed by atoms with Gasteiger partial charge in [0, 0.05) is 13.5 Å². The average Bonchev–Trinajstić information content (AvgIpc) is 3.39. The molecule has 0 radical (unpaired) electrons. The van der Waals surface area contributed by atoms with E-state index in [9.17, 15) is 0 Å². The maximum absolute atomic E-state index is 7.52. The summed E-state index contributed by atoms with van der Waals surface area (Å²) in [6, 6.07) is 0. The molecule has 0 N–H and O–H groups in total. The number of methoxy groups -OCH3 is 2. The molecule has 262 valence electrons. The summed E-state index contributed by atoms with van der Waals surface area (Å²) in [5.74, 6) is 4.12. The molecule has 1 aliphatic rings. The number of ether oxygens (including phenoxy) is 3. The minimum atomic E-state index is -2.35. The van der Waals surface area contributed by atoms with E-state index < -0.39 is 40.4 Å². The molecule has 2 heterocycles. The molecule has 0 aliphatic carbocycles. The molecule has 0 amide bonds. The molecule has 0 saturated carbocycles. The Morgan fingerprint density at radius 3 is 2.17 bits per heavy atom. The second-order valence-electron chi connectivity index (χ2n) is 16.7. The molecule has 6 nitrogen and oxygen atoms in total. The predicted molar refractivity (Wildman–Crippen MR) is 202 cm³/mol. The Bertz CT molecular complexity index is 1190. The fourth-order valence-corrected chi connectivity index (χ4v) is 15.5. The Balaban J connectivity index is 2.52. The molecular weight excluding hydrogens is 713 g/mol. The summed E-state index contributed by atoms with van der Waals surface area (Å²) >= 11 is -2.35. The number of hydrogen-bond donors (Lipinski definition) is 0. The first kappa shape index (κ1) is 41.5. The van der Waals surface area contributed by atoms with E-state index in [1.54, 1.807) is 7.11 Å². The number of rotatable bonds is 15. The van der Waals surface area contributed by atoms with Gasteiger partial charge in [0.1, 0.15) is 8.07 Å². The van der Waals surface area contributed by atoms with Crippen LogP contribution in [0.15, 0.2) is 34.5 Å². The number of aromatic nitrogens is 1. The van der Waals surface area contributed by atoms with E-state index in [1.165, 1.54) is 0 Å². The molecule has 0 bridgehead atoms. The summed E-state index contributed by atoms with van der Waals surface area (Å²) in [6.07, 6.45) is 10.9. The van der Waals surface area contributed by atoms with Crippen molar-refractivity contribution in [3.05, 3.63) is 36.0 Å². The van der Waals surface area contributed by atoms with Crippen molar-refractivity contribution in [3.63, 3.8) is 0 Å². The monoisotopic (exact) mass is 781 g/mol. The third-order valence-corrected chi connectivity index (χ3v) is 21.3. The molecule has 1 fully saturated rings. The van der Waals surface area contributed by atoms with E-state index in [0.717, 1.165) is 28.0 Å². The van der Waals surface area contributed by atoms with Gasteiger partial charge < -0.3 is 4.74 Å². The van der Waals surface area contributed by atoms with E-state index in [4.69, 9.17) is 28.0 Å². The average molecular weight is 781 g/mol. The molecule has 1 saturated heterocycles. The van der Waals surface area contributed by atoms with E-state index in [0.29, 0.717) is 29.5 Å². The van der Waals surface area contributed by atoms with Crippen molar-refractivity contribution in [2.45, 2.75) is 162 Å². The molecule has 0 spiro atoms. The molecule has 1 aromatic heterocycles. The molecule has 0 unspecified atom stereocenters. The first-order chi connectivity index (χ1) is 21.2. The Labute approximate surface area is 288 Å². The molecule has 1 aliphatic heterocycles. The Morgan fingerprint density at radius 2 is 1.70 bits per heavy atom. The van der Waals surface area contributed by atoms with Crippen molar-refractivity contribution in [2.24, 2.45) is 0 Å². The maximum atomic E-state index is 7.52. The quantitative estimate of drug-likeness (QED) is 0.101. The third-order valence-electron chi connectivity index (χ3n) is 9.25. The van der Waals surface area contributed by atoms with Crippen LogP contribution in [0.3, 0.4) is 0 Å². The summed E-state index contributed by atoms with van der Waals surface area (Å²) in [6.45, 7) is 25.2. The number of nitrogens with zero attached hydrogens (tertiary/aromatic N) is 1. The van der Waals surface area contributed by atoms with Crippen molar-refractivity contribution in [1.29, 1.82) is 0 Å². The van der Waals surface area contributed by atoms with Gasteiger partial charge in [-0.1, -0.05) is 19.6 Å². The summed E-state index contributed by atoms with van der Waals surface area (Å²) in [5, 5.41) is 0. The summed E-state index contributed by atoms with van der Waals surface area (Å²) in [5.41, 5.74) is 5.44. The van der Waals surface area contributed by atoms with Crippen molar-refractivity contribution >= 4 is 38.5 Å². The molecule has 2 rings (SSSR count). The van der Waals surface area contributed by atoms with Gasteiger partial charge in [-0.15, -0.1) is 11.5 Å². The third kappa shape index (κ3) is 12.0. The van der Waals surface area contributed by atoms with E-state index in [2.05, 4.69) is 120 Å². The SMILES string of the molecule is CO[C@@H]1C[C@H]([C@@H](/C=C(C)/C=C/[C@@H](CC#C[Si](C)(C)C)OC)O[Si](C(C)C)(C(C)C)C(C)C)O[C@](C)(Cc2n[c]([Sn]([CH3])([CH3])[CH3])co2)C1.